The lowest BCUT2D eigenvalue weighted by atomic mass is 10.1. The molecule has 2 N–H and O–H groups in total. The molecule has 0 unspecified atom stereocenters. The Hall–Kier alpha value is -1.81. The highest BCUT2D eigenvalue weighted by atomic mass is 32.2. The van der Waals surface area contributed by atoms with Gasteiger partial charge in [0.1, 0.15) is 6.54 Å². The smallest absolute Gasteiger partial charge is 0.370 e. The van der Waals surface area contributed by atoms with Crippen LogP contribution in [-0.4, -0.2) is 42.0 Å². The van der Waals surface area contributed by atoms with E-state index in [1.807, 2.05) is 16.7 Å². The van der Waals surface area contributed by atoms with E-state index in [0.717, 1.165) is 36.7 Å². The minimum absolute atomic E-state index is 0.172. The predicted octanol–water partition coefficient (Wildman–Crippen LogP) is 2.42. The van der Waals surface area contributed by atoms with Gasteiger partial charge in [0.25, 0.3) is 0 Å². The maximum Gasteiger partial charge on any atom is 0.416 e. The van der Waals surface area contributed by atoms with Crippen LogP contribution in [0.25, 0.3) is 0 Å². The summed E-state index contributed by atoms with van der Waals surface area (Å²) in [4.78, 5) is 6.14. The molecule has 7 heteroatoms. The van der Waals surface area contributed by atoms with Crippen LogP contribution in [0.15, 0.2) is 29.3 Å². The summed E-state index contributed by atoms with van der Waals surface area (Å²) in [5, 5.41) is 0. The second-order valence-electron chi connectivity index (χ2n) is 4.65. The molecule has 1 fully saturated rings. The van der Waals surface area contributed by atoms with Gasteiger partial charge in [-0.3, -0.25) is 0 Å². The molecule has 0 aliphatic carbocycles. The number of nitrogens with two attached hydrogens (primary N) is 1. The number of benzene rings is 1. The number of hydrogen-bond donors (Lipinski definition) is 1. The number of alkyl halides is 3. The first-order chi connectivity index (χ1) is 10.5. The van der Waals surface area contributed by atoms with Crippen molar-refractivity contribution in [3.8, 4) is 11.8 Å². The lowest BCUT2D eigenvalue weighted by Gasteiger charge is -2.26. The van der Waals surface area contributed by atoms with E-state index in [1.54, 1.807) is 0 Å². The summed E-state index contributed by atoms with van der Waals surface area (Å²) >= 11 is 1.87. The monoisotopic (exact) mass is 327 g/mol. The van der Waals surface area contributed by atoms with Gasteiger partial charge in [-0.2, -0.15) is 24.9 Å². The topological polar surface area (TPSA) is 41.6 Å². The number of hydrogen-bond acceptors (Lipinski definition) is 2. The number of nitrogens with zero attached hydrogens (tertiary/aromatic N) is 2. The van der Waals surface area contributed by atoms with Gasteiger partial charge in [0.2, 0.25) is 0 Å². The van der Waals surface area contributed by atoms with E-state index < -0.39 is 11.7 Å². The Balaban J connectivity index is 1.96. The molecule has 1 heterocycles. The van der Waals surface area contributed by atoms with Gasteiger partial charge in [0.05, 0.1) is 5.56 Å². The quantitative estimate of drug-likeness (QED) is 0.489. The van der Waals surface area contributed by atoms with Gasteiger partial charge in [0.15, 0.2) is 5.96 Å². The number of rotatable bonds is 1. The van der Waals surface area contributed by atoms with Crippen molar-refractivity contribution in [3.63, 3.8) is 0 Å². The summed E-state index contributed by atoms with van der Waals surface area (Å²) in [6, 6.07) is 4.94. The van der Waals surface area contributed by atoms with Gasteiger partial charge < -0.3 is 10.6 Å². The molecular formula is C15H16F3N3S. The molecule has 1 aromatic carbocycles. The van der Waals surface area contributed by atoms with Crippen molar-refractivity contribution in [2.24, 2.45) is 10.7 Å². The van der Waals surface area contributed by atoms with Gasteiger partial charge in [0, 0.05) is 30.2 Å². The Labute approximate surface area is 131 Å². The number of guanidine groups is 1. The standard InChI is InChI=1S/C15H16F3N3S/c16-15(17,18)13-5-1-3-12(11-13)4-2-6-20-14(19)21-7-9-22-10-8-21/h1,3,5,11H,6-10H2,(H2,19,20). The van der Waals surface area contributed by atoms with Crippen molar-refractivity contribution in [1.29, 1.82) is 0 Å². The van der Waals surface area contributed by atoms with Crippen LogP contribution >= 0.6 is 11.8 Å². The van der Waals surface area contributed by atoms with Gasteiger partial charge in [-0.1, -0.05) is 17.9 Å². The van der Waals surface area contributed by atoms with Crippen molar-refractivity contribution < 1.29 is 13.2 Å². The highest BCUT2D eigenvalue weighted by Gasteiger charge is 2.30. The van der Waals surface area contributed by atoms with Crippen LogP contribution in [-0.2, 0) is 6.18 Å². The molecule has 0 radical (unpaired) electrons. The Morgan fingerprint density at radius 3 is 2.73 bits per heavy atom. The molecule has 3 nitrogen and oxygen atoms in total. The molecule has 1 aliphatic rings. The maximum atomic E-state index is 12.6. The summed E-state index contributed by atoms with van der Waals surface area (Å²) in [6.07, 6.45) is -4.35. The van der Waals surface area contributed by atoms with Crippen LogP contribution in [0.2, 0.25) is 0 Å². The van der Waals surface area contributed by atoms with Crippen molar-refractivity contribution >= 4 is 17.7 Å². The van der Waals surface area contributed by atoms with E-state index in [4.69, 9.17) is 5.73 Å². The molecule has 2 rings (SSSR count). The molecule has 0 saturated carbocycles. The fourth-order valence-electron chi connectivity index (χ4n) is 1.93. The zero-order chi connectivity index (χ0) is 16.0. The molecule has 22 heavy (non-hydrogen) atoms. The summed E-state index contributed by atoms with van der Waals surface area (Å²) in [5.41, 5.74) is 5.48. The molecule has 1 aromatic rings. The van der Waals surface area contributed by atoms with Crippen LogP contribution in [0.5, 0.6) is 0 Å². The third-order valence-electron chi connectivity index (χ3n) is 3.08. The first-order valence-corrected chi connectivity index (χ1v) is 7.91. The highest BCUT2D eigenvalue weighted by molar-refractivity contribution is 7.99. The zero-order valence-corrected chi connectivity index (χ0v) is 12.7. The van der Waals surface area contributed by atoms with E-state index >= 15 is 0 Å². The maximum absolute atomic E-state index is 12.6. The SMILES string of the molecule is NC(=NCC#Cc1cccc(C(F)(F)F)c1)N1CCSCC1. The first kappa shape index (κ1) is 16.6. The average molecular weight is 327 g/mol. The number of aliphatic imine (C=N–C) groups is 1. The Morgan fingerprint density at radius 1 is 1.32 bits per heavy atom. The van der Waals surface area contributed by atoms with Gasteiger partial charge in [-0.15, -0.1) is 0 Å². The molecular weight excluding hydrogens is 311 g/mol. The summed E-state index contributed by atoms with van der Waals surface area (Å²) < 4.78 is 37.7. The second kappa shape index (κ2) is 7.45. The van der Waals surface area contributed by atoms with Gasteiger partial charge in [-0.05, 0) is 18.2 Å². The summed E-state index contributed by atoms with van der Waals surface area (Å²) in [6.45, 7) is 1.90. The largest absolute Gasteiger partial charge is 0.416 e. The van der Waals surface area contributed by atoms with Crippen LogP contribution in [0.3, 0.4) is 0 Å². The normalized spacial score (nSPS) is 16.1. The van der Waals surface area contributed by atoms with Crippen LogP contribution in [0.1, 0.15) is 11.1 Å². The van der Waals surface area contributed by atoms with Crippen LogP contribution in [0.4, 0.5) is 13.2 Å². The second-order valence-corrected chi connectivity index (χ2v) is 5.88. The third kappa shape index (κ3) is 4.88. The minimum atomic E-state index is -4.35. The summed E-state index contributed by atoms with van der Waals surface area (Å²) in [5.74, 6) is 7.90. The van der Waals surface area contributed by atoms with E-state index in [9.17, 15) is 13.2 Å². The van der Waals surface area contributed by atoms with E-state index in [-0.39, 0.29) is 6.54 Å². The first-order valence-electron chi connectivity index (χ1n) is 6.75. The molecule has 0 aromatic heterocycles. The molecule has 0 bridgehead atoms. The number of halogens is 3. The number of thioether (sulfide) groups is 1. The minimum Gasteiger partial charge on any atom is -0.370 e. The Morgan fingerprint density at radius 2 is 2.05 bits per heavy atom. The average Bonchev–Trinajstić information content (AvgIpc) is 2.52. The van der Waals surface area contributed by atoms with Crippen molar-refractivity contribution in [2.45, 2.75) is 6.18 Å². The fraction of sp³-hybridized carbons (Fsp3) is 0.400. The molecule has 1 saturated heterocycles. The van der Waals surface area contributed by atoms with E-state index in [1.165, 1.54) is 12.1 Å². The third-order valence-corrected chi connectivity index (χ3v) is 4.02. The van der Waals surface area contributed by atoms with Crippen LogP contribution < -0.4 is 5.73 Å². The van der Waals surface area contributed by atoms with Gasteiger partial charge >= 0.3 is 6.18 Å². The fourth-order valence-corrected chi connectivity index (χ4v) is 2.83. The molecule has 0 amide bonds. The Bertz CT molecular complexity index is 596. The van der Waals surface area contributed by atoms with E-state index in [2.05, 4.69) is 16.8 Å². The molecule has 1 aliphatic heterocycles. The Kier molecular flexibility index (Phi) is 5.61. The van der Waals surface area contributed by atoms with Crippen LogP contribution in [0, 0.1) is 11.8 Å². The van der Waals surface area contributed by atoms with Crippen molar-refractivity contribution in [2.75, 3.05) is 31.1 Å². The lowest BCUT2D eigenvalue weighted by Crippen LogP contribution is -2.42. The van der Waals surface area contributed by atoms with Crippen molar-refractivity contribution in [1.82, 2.24) is 4.90 Å². The zero-order valence-electron chi connectivity index (χ0n) is 11.9. The van der Waals surface area contributed by atoms with E-state index in [0.29, 0.717) is 11.5 Å². The molecule has 0 spiro atoms. The summed E-state index contributed by atoms with van der Waals surface area (Å²) in [7, 11) is 0. The van der Waals surface area contributed by atoms with Crippen molar-refractivity contribution in [3.05, 3.63) is 35.4 Å². The van der Waals surface area contributed by atoms with Gasteiger partial charge in [-0.25, -0.2) is 4.99 Å². The highest BCUT2D eigenvalue weighted by Crippen LogP contribution is 2.29. The molecule has 0 atom stereocenters. The predicted molar refractivity (Wildman–Crippen MR) is 83.7 cm³/mol. The lowest BCUT2D eigenvalue weighted by molar-refractivity contribution is -0.137. The molecule has 118 valence electrons.